The number of nitrogens with one attached hydrogen (secondary N) is 1. The summed E-state index contributed by atoms with van der Waals surface area (Å²) >= 11 is 0. The van der Waals surface area contributed by atoms with Crippen LogP contribution in [0.15, 0.2) is 24.5 Å². The van der Waals surface area contributed by atoms with E-state index in [1.165, 1.54) is 12.8 Å². The van der Waals surface area contributed by atoms with E-state index in [2.05, 4.69) is 25.2 Å². The van der Waals surface area contributed by atoms with Crippen molar-refractivity contribution in [3.8, 4) is 0 Å². The number of nitrogens with zero attached hydrogens (tertiary/aromatic N) is 4. The molecular formula is C13H17N5. The van der Waals surface area contributed by atoms with Gasteiger partial charge in [-0.1, -0.05) is 0 Å². The van der Waals surface area contributed by atoms with Crippen molar-refractivity contribution in [1.29, 1.82) is 0 Å². The molecule has 0 aliphatic carbocycles. The monoisotopic (exact) mass is 243 g/mol. The minimum absolute atomic E-state index is 0.539. The summed E-state index contributed by atoms with van der Waals surface area (Å²) in [5.74, 6) is 1.01. The zero-order valence-corrected chi connectivity index (χ0v) is 10.5. The highest BCUT2D eigenvalue weighted by atomic mass is 15.2. The Morgan fingerprint density at radius 3 is 3.11 bits per heavy atom. The van der Waals surface area contributed by atoms with E-state index >= 15 is 0 Å². The lowest BCUT2D eigenvalue weighted by Gasteiger charge is -2.25. The van der Waals surface area contributed by atoms with Crippen LogP contribution in [0.1, 0.15) is 12.8 Å². The predicted molar refractivity (Wildman–Crippen MR) is 71.6 cm³/mol. The van der Waals surface area contributed by atoms with Crippen LogP contribution in [0.3, 0.4) is 0 Å². The van der Waals surface area contributed by atoms with Gasteiger partial charge in [0.15, 0.2) is 5.65 Å². The van der Waals surface area contributed by atoms with Gasteiger partial charge in [-0.2, -0.15) is 0 Å². The second-order valence-corrected chi connectivity index (χ2v) is 4.62. The van der Waals surface area contributed by atoms with Gasteiger partial charge in [-0.05, 0) is 32.0 Å². The van der Waals surface area contributed by atoms with E-state index in [-0.39, 0.29) is 0 Å². The van der Waals surface area contributed by atoms with Gasteiger partial charge in [0, 0.05) is 31.5 Å². The van der Waals surface area contributed by atoms with Crippen LogP contribution in [0.5, 0.6) is 0 Å². The van der Waals surface area contributed by atoms with Crippen LogP contribution in [0.2, 0.25) is 0 Å². The van der Waals surface area contributed by atoms with Crippen molar-refractivity contribution in [2.24, 2.45) is 0 Å². The van der Waals surface area contributed by atoms with Gasteiger partial charge >= 0.3 is 0 Å². The normalized spacial score (nSPS) is 19.6. The Kier molecular flexibility index (Phi) is 3.06. The quantitative estimate of drug-likeness (QED) is 0.878. The summed E-state index contributed by atoms with van der Waals surface area (Å²) in [5, 5.41) is 3.25. The van der Waals surface area contributed by atoms with E-state index in [1.54, 1.807) is 12.4 Å². The molecule has 3 heterocycles. The van der Waals surface area contributed by atoms with Crippen molar-refractivity contribution >= 4 is 17.0 Å². The molecule has 0 bridgehead atoms. The largest absolute Gasteiger partial charge is 0.352 e. The van der Waals surface area contributed by atoms with Crippen LogP contribution in [-0.4, -0.2) is 41.1 Å². The van der Waals surface area contributed by atoms with Crippen LogP contribution in [0.25, 0.3) is 11.2 Å². The molecule has 0 amide bonds. The summed E-state index contributed by atoms with van der Waals surface area (Å²) in [6, 6.07) is 4.58. The Morgan fingerprint density at radius 1 is 1.33 bits per heavy atom. The van der Waals surface area contributed by atoms with E-state index in [9.17, 15) is 0 Å². The van der Waals surface area contributed by atoms with Crippen LogP contribution in [0, 0.1) is 0 Å². The molecule has 2 aromatic rings. The standard InChI is InChI=1S/C13H17N5/c1-14-9-10-3-2-8-18(10)12-5-4-11-13(17-12)16-7-6-15-11/h4-7,10,14H,2-3,8-9H2,1H3. The second kappa shape index (κ2) is 4.86. The maximum atomic E-state index is 4.61. The lowest BCUT2D eigenvalue weighted by Crippen LogP contribution is -2.37. The molecule has 5 nitrogen and oxygen atoms in total. The molecule has 1 atom stereocenters. The number of rotatable bonds is 3. The molecule has 18 heavy (non-hydrogen) atoms. The van der Waals surface area contributed by atoms with Crippen molar-refractivity contribution in [3.05, 3.63) is 24.5 Å². The summed E-state index contributed by atoms with van der Waals surface area (Å²) in [6.45, 7) is 2.07. The van der Waals surface area contributed by atoms with Gasteiger partial charge in [-0.3, -0.25) is 4.98 Å². The Hall–Kier alpha value is -1.75. The third-order valence-electron chi connectivity index (χ3n) is 3.43. The number of pyridine rings is 1. The zero-order chi connectivity index (χ0) is 12.4. The van der Waals surface area contributed by atoms with Gasteiger partial charge in [0.2, 0.25) is 0 Å². The Balaban J connectivity index is 1.93. The third-order valence-corrected chi connectivity index (χ3v) is 3.43. The Morgan fingerprint density at radius 2 is 2.22 bits per heavy atom. The fourth-order valence-corrected chi connectivity index (χ4v) is 2.59. The van der Waals surface area contributed by atoms with E-state index < -0.39 is 0 Å². The Bertz CT molecular complexity index is 542. The first-order valence-corrected chi connectivity index (χ1v) is 6.37. The number of fused-ring (bicyclic) bond motifs is 1. The minimum atomic E-state index is 0.539. The number of aromatic nitrogens is 3. The molecule has 1 aliphatic rings. The van der Waals surface area contributed by atoms with Crippen LogP contribution in [0.4, 0.5) is 5.82 Å². The molecule has 1 fully saturated rings. The minimum Gasteiger partial charge on any atom is -0.352 e. The molecule has 3 rings (SSSR count). The lowest BCUT2D eigenvalue weighted by atomic mass is 10.2. The fraction of sp³-hybridized carbons (Fsp3) is 0.462. The first kappa shape index (κ1) is 11.3. The van der Waals surface area contributed by atoms with Crippen molar-refractivity contribution in [3.63, 3.8) is 0 Å². The summed E-state index contributed by atoms with van der Waals surface area (Å²) in [5.41, 5.74) is 1.58. The molecule has 0 spiro atoms. The highest BCUT2D eigenvalue weighted by Gasteiger charge is 2.25. The molecule has 1 N–H and O–H groups in total. The molecule has 1 saturated heterocycles. The van der Waals surface area contributed by atoms with Gasteiger partial charge in [-0.25, -0.2) is 9.97 Å². The van der Waals surface area contributed by atoms with Crippen molar-refractivity contribution in [1.82, 2.24) is 20.3 Å². The van der Waals surface area contributed by atoms with Gasteiger partial charge in [0.25, 0.3) is 0 Å². The number of hydrogen-bond acceptors (Lipinski definition) is 5. The molecule has 1 aliphatic heterocycles. The number of hydrogen-bond donors (Lipinski definition) is 1. The third kappa shape index (κ3) is 2.01. The molecule has 0 saturated carbocycles. The van der Waals surface area contributed by atoms with E-state index in [4.69, 9.17) is 0 Å². The highest BCUT2D eigenvalue weighted by molar-refractivity contribution is 5.71. The first-order valence-electron chi connectivity index (χ1n) is 6.37. The summed E-state index contributed by atoms with van der Waals surface area (Å²) in [4.78, 5) is 15.5. The van der Waals surface area contributed by atoms with Gasteiger partial charge < -0.3 is 10.2 Å². The number of likely N-dealkylation sites (N-methyl/N-ethyl adjacent to an activating group) is 1. The van der Waals surface area contributed by atoms with Crippen LogP contribution < -0.4 is 10.2 Å². The summed E-state index contributed by atoms with van der Waals surface area (Å²) in [7, 11) is 2.00. The average Bonchev–Trinajstić information content (AvgIpc) is 2.87. The maximum absolute atomic E-state index is 4.61. The summed E-state index contributed by atoms with van der Waals surface area (Å²) < 4.78 is 0. The van der Waals surface area contributed by atoms with Crippen molar-refractivity contribution < 1.29 is 0 Å². The maximum Gasteiger partial charge on any atom is 0.180 e. The van der Waals surface area contributed by atoms with Crippen molar-refractivity contribution in [2.45, 2.75) is 18.9 Å². The Labute approximate surface area is 106 Å². The smallest absolute Gasteiger partial charge is 0.180 e. The fourth-order valence-electron chi connectivity index (χ4n) is 2.59. The zero-order valence-electron chi connectivity index (χ0n) is 10.5. The topological polar surface area (TPSA) is 53.9 Å². The van der Waals surface area contributed by atoms with E-state index in [1.807, 2.05) is 19.2 Å². The molecule has 1 unspecified atom stereocenters. The molecule has 0 radical (unpaired) electrons. The molecular weight excluding hydrogens is 226 g/mol. The highest BCUT2D eigenvalue weighted by Crippen LogP contribution is 2.24. The lowest BCUT2D eigenvalue weighted by molar-refractivity contribution is 0.612. The van der Waals surface area contributed by atoms with Gasteiger partial charge in [-0.15, -0.1) is 0 Å². The molecule has 0 aromatic carbocycles. The van der Waals surface area contributed by atoms with Crippen molar-refractivity contribution in [2.75, 3.05) is 25.0 Å². The van der Waals surface area contributed by atoms with E-state index in [0.717, 1.165) is 30.1 Å². The molecule has 2 aromatic heterocycles. The van der Waals surface area contributed by atoms with Gasteiger partial charge in [0.05, 0.1) is 0 Å². The average molecular weight is 243 g/mol. The number of anilines is 1. The predicted octanol–water partition coefficient (Wildman–Crippen LogP) is 1.21. The summed E-state index contributed by atoms with van der Waals surface area (Å²) in [6.07, 6.45) is 5.84. The van der Waals surface area contributed by atoms with E-state index in [0.29, 0.717) is 6.04 Å². The first-order chi connectivity index (χ1) is 8.88. The SMILES string of the molecule is CNCC1CCCN1c1ccc2nccnc2n1. The molecule has 5 heteroatoms. The second-order valence-electron chi connectivity index (χ2n) is 4.62. The molecule has 94 valence electrons. The van der Waals surface area contributed by atoms with Crippen LogP contribution in [-0.2, 0) is 0 Å². The van der Waals surface area contributed by atoms with Crippen LogP contribution >= 0.6 is 0 Å². The van der Waals surface area contributed by atoms with Gasteiger partial charge in [0.1, 0.15) is 11.3 Å².